The fourth-order valence-corrected chi connectivity index (χ4v) is 5.16. The zero-order valence-electron chi connectivity index (χ0n) is 14.6. The molecular formula is C22H18O4. The maximum Gasteiger partial charge on any atom is 0.303 e. The Morgan fingerprint density at radius 2 is 1.12 bits per heavy atom. The van der Waals surface area contributed by atoms with Crippen LogP contribution in [-0.4, -0.2) is 11.9 Å². The summed E-state index contributed by atoms with van der Waals surface area (Å²) in [6.45, 7) is 2.87. The maximum absolute atomic E-state index is 11.9. The van der Waals surface area contributed by atoms with E-state index >= 15 is 0 Å². The highest BCUT2D eigenvalue weighted by molar-refractivity contribution is 5.73. The Balaban J connectivity index is 1.74. The summed E-state index contributed by atoms with van der Waals surface area (Å²) in [5.41, 5.74) is 2.74. The van der Waals surface area contributed by atoms with Crippen molar-refractivity contribution in [2.45, 2.75) is 36.9 Å². The first-order valence-corrected chi connectivity index (χ1v) is 8.78. The molecule has 130 valence electrons. The molecule has 0 aromatic heterocycles. The van der Waals surface area contributed by atoms with Crippen LogP contribution in [0, 0.1) is 0 Å². The molecule has 0 spiro atoms. The summed E-state index contributed by atoms with van der Waals surface area (Å²) in [4.78, 5) is 23.7. The van der Waals surface area contributed by atoms with Crippen LogP contribution in [-0.2, 0) is 30.3 Å². The van der Waals surface area contributed by atoms with Crippen molar-refractivity contribution in [3.8, 4) is 0 Å². The minimum absolute atomic E-state index is 0.0677. The molecule has 2 aromatic carbocycles. The molecule has 0 N–H and O–H groups in total. The molecule has 4 heteroatoms. The maximum atomic E-state index is 11.9. The van der Waals surface area contributed by atoms with Gasteiger partial charge in [0.1, 0.15) is 0 Å². The average molecular weight is 346 g/mol. The zero-order valence-corrected chi connectivity index (χ0v) is 14.6. The first kappa shape index (κ1) is 15.4. The molecule has 3 aliphatic rings. The SMILES string of the molecule is CC(=O)O[C@@]12C=C[C@@]3(OC(C)=O)c4ccccc4[C@H]3[C@@H]1c1ccccc12. The predicted octanol–water partition coefficient (Wildman–Crippen LogP) is 3.67. The molecule has 0 fully saturated rings. The minimum atomic E-state index is -0.787. The van der Waals surface area contributed by atoms with Crippen molar-refractivity contribution < 1.29 is 19.1 Å². The number of esters is 2. The van der Waals surface area contributed by atoms with Gasteiger partial charge in [0, 0.05) is 36.8 Å². The molecule has 0 heterocycles. The first-order valence-electron chi connectivity index (χ1n) is 8.78. The van der Waals surface area contributed by atoms with E-state index in [1.165, 1.54) is 13.8 Å². The van der Waals surface area contributed by atoms with E-state index in [0.717, 1.165) is 22.3 Å². The second kappa shape index (κ2) is 4.85. The Morgan fingerprint density at radius 3 is 1.50 bits per heavy atom. The molecule has 0 radical (unpaired) electrons. The number of ether oxygens (including phenoxy) is 2. The van der Waals surface area contributed by atoms with Crippen LogP contribution in [0.1, 0.15) is 47.9 Å². The molecule has 2 aromatic rings. The van der Waals surface area contributed by atoms with Crippen molar-refractivity contribution in [3.63, 3.8) is 0 Å². The Bertz CT molecular complexity index is 912. The van der Waals surface area contributed by atoms with Crippen LogP contribution in [0.5, 0.6) is 0 Å². The lowest BCUT2D eigenvalue weighted by molar-refractivity contribution is -0.176. The van der Waals surface area contributed by atoms with Gasteiger partial charge in [-0.3, -0.25) is 9.59 Å². The molecule has 0 amide bonds. The van der Waals surface area contributed by atoms with E-state index < -0.39 is 11.2 Å². The highest BCUT2D eigenvalue weighted by Gasteiger charge is 2.69. The fraction of sp³-hybridized carbons (Fsp3) is 0.273. The van der Waals surface area contributed by atoms with Crippen LogP contribution in [0.4, 0.5) is 0 Å². The molecule has 4 atom stereocenters. The lowest BCUT2D eigenvalue weighted by atomic mass is 9.45. The van der Waals surface area contributed by atoms with E-state index in [2.05, 4.69) is 12.1 Å². The van der Waals surface area contributed by atoms with Crippen LogP contribution >= 0.6 is 0 Å². The van der Waals surface area contributed by atoms with E-state index in [9.17, 15) is 9.59 Å². The third kappa shape index (κ3) is 1.64. The quantitative estimate of drug-likeness (QED) is 0.615. The second-order valence-electron chi connectivity index (χ2n) is 7.24. The summed E-state index contributed by atoms with van der Waals surface area (Å²) in [7, 11) is 0. The molecule has 3 aliphatic carbocycles. The fourth-order valence-electron chi connectivity index (χ4n) is 5.16. The lowest BCUT2D eigenvalue weighted by Crippen LogP contribution is -2.60. The van der Waals surface area contributed by atoms with Crippen LogP contribution < -0.4 is 0 Å². The molecule has 0 aliphatic heterocycles. The van der Waals surface area contributed by atoms with Gasteiger partial charge in [-0.05, 0) is 23.3 Å². The van der Waals surface area contributed by atoms with E-state index in [1.807, 2.05) is 48.6 Å². The van der Waals surface area contributed by atoms with Gasteiger partial charge in [0.15, 0.2) is 11.2 Å². The zero-order chi connectivity index (χ0) is 18.1. The normalized spacial score (nSPS) is 31.9. The van der Waals surface area contributed by atoms with Crippen molar-refractivity contribution >= 4 is 11.9 Å². The summed E-state index contributed by atoms with van der Waals surface area (Å²) >= 11 is 0. The van der Waals surface area contributed by atoms with Crippen molar-refractivity contribution in [1.82, 2.24) is 0 Å². The average Bonchev–Trinajstić information content (AvgIpc) is 2.60. The van der Waals surface area contributed by atoms with Crippen molar-refractivity contribution in [2.75, 3.05) is 0 Å². The third-order valence-corrected chi connectivity index (χ3v) is 5.89. The second-order valence-corrected chi connectivity index (χ2v) is 7.24. The summed E-state index contributed by atoms with van der Waals surface area (Å²) in [5.74, 6) is -0.771. The number of carbonyl (C=O) groups excluding carboxylic acids is 2. The van der Waals surface area contributed by atoms with Crippen LogP contribution in [0.2, 0.25) is 0 Å². The number of benzene rings is 2. The van der Waals surface area contributed by atoms with E-state index in [1.54, 1.807) is 0 Å². The molecule has 0 saturated carbocycles. The third-order valence-electron chi connectivity index (χ3n) is 5.89. The van der Waals surface area contributed by atoms with E-state index in [0.29, 0.717) is 0 Å². The van der Waals surface area contributed by atoms with Gasteiger partial charge in [0.05, 0.1) is 0 Å². The molecule has 0 unspecified atom stereocenters. The lowest BCUT2D eigenvalue weighted by Gasteiger charge is -2.62. The first-order chi connectivity index (χ1) is 12.5. The van der Waals surface area contributed by atoms with E-state index in [4.69, 9.17) is 9.47 Å². The van der Waals surface area contributed by atoms with E-state index in [-0.39, 0.29) is 23.8 Å². The summed E-state index contributed by atoms with van der Waals surface area (Å²) in [6.07, 6.45) is 3.83. The Labute approximate surface area is 151 Å². The van der Waals surface area contributed by atoms with Crippen molar-refractivity contribution in [3.05, 3.63) is 82.9 Å². The predicted molar refractivity (Wildman–Crippen MR) is 94.4 cm³/mol. The van der Waals surface area contributed by atoms with Crippen LogP contribution in [0.25, 0.3) is 0 Å². The van der Waals surface area contributed by atoms with Gasteiger partial charge >= 0.3 is 11.9 Å². The van der Waals surface area contributed by atoms with Gasteiger partial charge in [-0.1, -0.05) is 48.5 Å². The highest BCUT2D eigenvalue weighted by atomic mass is 16.6. The summed E-state index contributed by atoms with van der Waals surface area (Å²) in [5, 5.41) is 0. The molecule has 26 heavy (non-hydrogen) atoms. The van der Waals surface area contributed by atoms with Gasteiger partial charge < -0.3 is 9.47 Å². The minimum Gasteiger partial charge on any atom is -0.449 e. The van der Waals surface area contributed by atoms with Crippen LogP contribution in [0.3, 0.4) is 0 Å². The standard InChI is InChI=1S/C22H18O4/c1-13(23)25-21-11-12-22(26-14(2)24)18-10-6-4-8-16(18)20(22)19(21)15-7-3-5-9-17(15)21/h3-12,19-20H,1-2H3/t19-,20-,21+,22+/m0/s1. The molecule has 0 saturated heterocycles. The van der Waals surface area contributed by atoms with Gasteiger partial charge in [0.2, 0.25) is 0 Å². The van der Waals surface area contributed by atoms with Crippen molar-refractivity contribution in [1.29, 1.82) is 0 Å². The van der Waals surface area contributed by atoms with Crippen LogP contribution in [0.15, 0.2) is 60.7 Å². The number of fused-ring (bicyclic) bond motifs is 9. The monoisotopic (exact) mass is 346 g/mol. The van der Waals surface area contributed by atoms with Gasteiger partial charge in [-0.2, -0.15) is 0 Å². The smallest absolute Gasteiger partial charge is 0.303 e. The number of carbonyl (C=O) groups is 2. The molecule has 5 rings (SSSR count). The number of hydrogen-bond donors (Lipinski definition) is 0. The van der Waals surface area contributed by atoms with Gasteiger partial charge in [0.25, 0.3) is 0 Å². The number of rotatable bonds is 2. The highest BCUT2D eigenvalue weighted by Crippen LogP contribution is 2.71. The molecule has 4 nitrogen and oxygen atoms in total. The van der Waals surface area contributed by atoms with Gasteiger partial charge in [-0.25, -0.2) is 0 Å². The topological polar surface area (TPSA) is 52.6 Å². The Kier molecular flexibility index (Phi) is 2.87. The Morgan fingerprint density at radius 1 is 0.731 bits per heavy atom. The van der Waals surface area contributed by atoms with Gasteiger partial charge in [-0.15, -0.1) is 0 Å². The molecular weight excluding hydrogens is 328 g/mol. The Hall–Kier alpha value is -2.88. The number of hydrogen-bond acceptors (Lipinski definition) is 4. The summed E-state index contributed by atoms with van der Waals surface area (Å²) in [6, 6.07) is 16.0. The summed E-state index contributed by atoms with van der Waals surface area (Å²) < 4.78 is 11.7. The molecule has 0 bridgehead atoms. The largest absolute Gasteiger partial charge is 0.449 e. The van der Waals surface area contributed by atoms with Crippen molar-refractivity contribution in [2.24, 2.45) is 0 Å².